The molecule has 0 aliphatic carbocycles. The number of aromatic nitrogens is 2. The second kappa shape index (κ2) is 9.95. The van der Waals surface area contributed by atoms with Crippen LogP contribution in [0.15, 0.2) is 75.9 Å². The van der Waals surface area contributed by atoms with E-state index >= 15 is 4.39 Å². The minimum atomic E-state index is -1.71. The molecule has 194 valence electrons. The van der Waals surface area contributed by atoms with E-state index in [1.54, 1.807) is 18.2 Å². The number of hydrogen-bond acceptors (Lipinski definition) is 5. The zero-order chi connectivity index (χ0) is 27.0. The molecule has 3 aromatic carbocycles. The maximum atomic E-state index is 15.4. The summed E-state index contributed by atoms with van der Waals surface area (Å²) >= 11 is 0. The smallest absolute Gasteiger partial charge is 0.388 e. The van der Waals surface area contributed by atoms with Gasteiger partial charge in [0.15, 0.2) is 0 Å². The minimum Gasteiger partial charge on any atom is -0.388 e. The number of rotatable bonds is 7. The van der Waals surface area contributed by atoms with Crippen LogP contribution in [0, 0.1) is 28.9 Å². The van der Waals surface area contributed by atoms with Gasteiger partial charge in [0.25, 0.3) is 0 Å². The van der Waals surface area contributed by atoms with Crippen molar-refractivity contribution in [2.24, 2.45) is 5.92 Å². The molecule has 6 nitrogen and oxygen atoms in total. The largest absolute Gasteiger partial charge is 0.434 e. The van der Waals surface area contributed by atoms with Gasteiger partial charge in [-0.1, -0.05) is 24.3 Å². The Kier molecular flexibility index (Phi) is 6.67. The lowest BCUT2D eigenvalue weighted by Crippen LogP contribution is -2.53. The summed E-state index contributed by atoms with van der Waals surface area (Å²) in [5, 5.41) is 15.4. The van der Waals surface area contributed by atoms with Gasteiger partial charge in [-0.15, -0.1) is 5.10 Å². The predicted octanol–water partition coefficient (Wildman–Crippen LogP) is 5.73. The van der Waals surface area contributed by atoms with Crippen molar-refractivity contribution in [2.45, 2.75) is 31.5 Å². The fraction of sp³-hybridized carbons (Fsp3) is 0.276. The molecule has 38 heavy (non-hydrogen) atoms. The number of likely N-dealkylation sites (tertiary alicyclic amines) is 1. The van der Waals surface area contributed by atoms with E-state index in [0.717, 1.165) is 17.2 Å². The fourth-order valence-corrected chi connectivity index (χ4v) is 5.50. The molecule has 1 aliphatic heterocycles. The first-order valence-electron chi connectivity index (χ1n) is 12.2. The Morgan fingerprint density at radius 2 is 1.71 bits per heavy atom. The van der Waals surface area contributed by atoms with E-state index in [2.05, 4.69) is 21.2 Å². The number of H-pyrrole nitrogens is 1. The van der Waals surface area contributed by atoms with E-state index in [1.807, 2.05) is 30.3 Å². The molecule has 2 unspecified atom stereocenters. The van der Waals surface area contributed by atoms with Crippen LogP contribution in [0.4, 0.5) is 13.2 Å². The van der Waals surface area contributed by atoms with Crippen LogP contribution in [0.1, 0.15) is 48.1 Å². The summed E-state index contributed by atoms with van der Waals surface area (Å²) in [6.45, 7) is 3.82. The van der Waals surface area contributed by atoms with Gasteiger partial charge >= 0.3 is 5.76 Å². The summed E-state index contributed by atoms with van der Waals surface area (Å²) in [7, 11) is 0. The monoisotopic (exact) mass is 518 g/mol. The SMILES string of the molecule is CC(C)(F)C(c1cc(F)cc(F)c1)C1CN(C(c2ccc(C#N)cc2)c2cccc(-c3n[nH]c(=O)o3)c2)C1. The number of benzene rings is 3. The van der Waals surface area contributed by atoms with Crippen LogP contribution in [-0.2, 0) is 0 Å². The minimum absolute atomic E-state index is 0.157. The Morgan fingerprint density at radius 3 is 2.29 bits per heavy atom. The summed E-state index contributed by atoms with van der Waals surface area (Å²) in [6.07, 6.45) is 0. The van der Waals surface area contributed by atoms with Crippen molar-refractivity contribution in [3.05, 3.63) is 111 Å². The molecule has 1 aliphatic rings. The first kappa shape index (κ1) is 25.5. The standard InChI is InChI=1S/C29H25F3N4O2/c1-29(2,32)25(21-11-23(30)13-24(31)12-21)22-15-36(16-22)26(18-8-6-17(14-33)7-9-18)19-4-3-5-20(10-19)27-34-35-28(37)38-27/h3-13,22,25-26H,15-16H2,1-2H3,(H,35,37). The second-order valence-electron chi connectivity index (χ2n) is 10.1. The van der Waals surface area contributed by atoms with Gasteiger partial charge < -0.3 is 4.42 Å². The summed E-state index contributed by atoms with van der Waals surface area (Å²) in [6, 6.07) is 19.7. The highest BCUT2D eigenvalue weighted by Gasteiger charge is 2.45. The van der Waals surface area contributed by atoms with Gasteiger partial charge in [0.05, 0.1) is 17.7 Å². The van der Waals surface area contributed by atoms with E-state index in [4.69, 9.17) is 4.42 Å². The number of halogens is 3. The molecule has 1 saturated heterocycles. The third kappa shape index (κ3) is 5.13. The molecule has 1 N–H and O–H groups in total. The van der Waals surface area contributed by atoms with Gasteiger partial charge in [-0.3, -0.25) is 4.90 Å². The molecule has 0 bridgehead atoms. The van der Waals surface area contributed by atoms with Crippen LogP contribution in [0.5, 0.6) is 0 Å². The molecular formula is C29H25F3N4O2. The first-order chi connectivity index (χ1) is 18.1. The molecule has 0 radical (unpaired) electrons. The Bertz CT molecular complexity index is 1520. The van der Waals surface area contributed by atoms with Gasteiger partial charge in [-0.2, -0.15) is 5.26 Å². The average molecular weight is 519 g/mol. The normalized spacial score (nSPS) is 16.0. The van der Waals surface area contributed by atoms with E-state index in [-0.39, 0.29) is 17.9 Å². The van der Waals surface area contributed by atoms with Crippen molar-refractivity contribution < 1.29 is 17.6 Å². The summed E-state index contributed by atoms with van der Waals surface area (Å²) in [5.41, 5.74) is 1.51. The lowest BCUT2D eigenvalue weighted by molar-refractivity contribution is 0.00805. The summed E-state index contributed by atoms with van der Waals surface area (Å²) < 4.78 is 48.6. The Labute approximate surface area is 217 Å². The topological polar surface area (TPSA) is 85.9 Å². The van der Waals surface area contributed by atoms with Crippen molar-refractivity contribution in [2.75, 3.05) is 13.1 Å². The van der Waals surface area contributed by atoms with Crippen molar-refractivity contribution >= 4 is 0 Å². The predicted molar refractivity (Wildman–Crippen MR) is 135 cm³/mol. The molecule has 4 aromatic rings. The molecule has 0 spiro atoms. The Balaban J connectivity index is 1.49. The third-order valence-corrected chi connectivity index (χ3v) is 7.00. The van der Waals surface area contributed by atoms with E-state index in [1.165, 1.54) is 26.0 Å². The summed E-state index contributed by atoms with van der Waals surface area (Å²) in [4.78, 5) is 13.6. The average Bonchev–Trinajstić information content (AvgIpc) is 3.28. The van der Waals surface area contributed by atoms with Crippen molar-refractivity contribution in [1.29, 1.82) is 5.26 Å². The van der Waals surface area contributed by atoms with Crippen LogP contribution < -0.4 is 5.76 Å². The molecule has 1 aromatic heterocycles. The third-order valence-electron chi connectivity index (χ3n) is 7.00. The molecule has 9 heteroatoms. The maximum Gasteiger partial charge on any atom is 0.434 e. The first-order valence-corrected chi connectivity index (χ1v) is 12.2. The Hall–Kier alpha value is -4.16. The maximum absolute atomic E-state index is 15.4. The second-order valence-corrected chi connectivity index (χ2v) is 10.1. The van der Waals surface area contributed by atoms with Gasteiger partial charge in [0, 0.05) is 30.6 Å². The van der Waals surface area contributed by atoms with Crippen LogP contribution >= 0.6 is 0 Å². The molecule has 0 saturated carbocycles. The Morgan fingerprint density at radius 1 is 1.03 bits per heavy atom. The molecular weight excluding hydrogens is 493 g/mol. The molecule has 5 rings (SSSR count). The highest BCUT2D eigenvalue weighted by atomic mass is 19.1. The number of nitrogens with zero attached hydrogens (tertiary/aromatic N) is 3. The van der Waals surface area contributed by atoms with E-state index in [9.17, 15) is 18.8 Å². The lowest BCUT2D eigenvalue weighted by Gasteiger charge is -2.50. The number of nitriles is 1. The number of nitrogens with one attached hydrogen (secondary N) is 1. The van der Waals surface area contributed by atoms with Crippen LogP contribution in [0.3, 0.4) is 0 Å². The fourth-order valence-electron chi connectivity index (χ4n) is 5.50. The molecule has 1 fully saturated rings. The quantitative estimate of drug-likeness (QED) is 0.338. The number of aromatic amines is 1. The van der Waals surface area contributed by atoms with Crippen LogP contribution in [0.25, 0.3) is 11.5 Å². The van der Waals surface area contributed by atoms with Crippen LogP contribution in [0.2, 0.25) is 0 Å². The van der Waals surface area contributed by atoms with E-state index < -0.39 is 29.0 Å². The number of hydrogen-bond donors (Lipinski definition) is 1. The van der Waals surface area contributed by atoms with Gasteiger partial charge in [-0.05, 0) is 72.9 Å². The van der Waals surface area contributed by atoms with Crippen molar-refractivity contribution in [3.63, 3.8) is 0 Å². The number of alkyl halides is 1. The zero-order valence-electron chi connectivity index (χ0n) is 20.8. The van der Waals surface area contributed by atoms with Gasteiger partial charge in [-0.25, -0.2) is 23.1 Å². The van der Waals surface area contributed by atoms with Crippen molar-refractivity contribution in [3.8, 4) is 17.5 Å². The highest BCUT2D eigenvalue weighted by molar-refractivity contribution is 5.55. The van der Waals surface area contributed by atoms with Crippen LogP contribution in [-0.4, -0.2) is 33.9 Å². The zero-order valence-corrected chi connectivity index (χ0v) is 20.8. The summed E-state index contributed by atoms with van der Waals surface area (Å²) in [5.74, 6) is -2.87. The molecule has 0 amide bonds. The molecule has 2 atom stereocenters. The van der Waals surface area contributed by atoms with Gasteiger partial charge in [0.1, 0.15) is 17.3 Å². The highest BCUT2D eigenvalue weighted by Crippen LogP contribution is 2.45. The lowest BCUT2D eigenvalue weighted by atomic mass is 9.72. The van der Waals surface area contributed by atoms with Gasteiger partial charge in [0.2, 0.25) is 5.89 Å². The molecule has 2 heterocycles. The van der Waals surface area contributed by atoms with Crippen molar-refractivity contribution in [1.82, 2.24) is 15.1 Å². The van der Waals surface area contributed by atoms with E-state index in [0.29, 0.717) is 29.8 Å².